The Morgan fingerprint density at radius 2 is 1.52 bits per heavy atom. The molecule has 0 aromatic rings. The van der Waals surface area contributed by atoms with Gasteiger partial charge in [-0.1, -0.05) is 0 Å². The summed E-state index contributed by atoms with van der Waals surface area (Å²) in [4.78, 5) is 26.1. The Balaban J connectivity index is 1.30. The zero-order valence-electron chi connectivity index (χ0n) is 13.8. The number of hydrogen-bond acceptors (Lipinski definition) is 3. The van der Waals surface area contributed by atoms with Gasteiger partial charge in [-0.3, -0.25) is 14.5 Å². The molecule has 4 bridgehead atoms. The highest BCUT2D eigenvalue weighted by Crippen LogP contribution is 2.60. The molecule has 5 aliphatic rings. The first-order chi connectivity index (χ1) is 11.0. The first-order valence-corrected chi connectivity index (χ1v) is 9.27. The van der Waals surface area contributed by atoms with Crippen molar-refractivity contribution in [3.05, 3.63) is 0 Å². The number of aliphatic carboxylic acids is 1. The van der Waals surface area contributed by atoms with Crippen molar-refractivity contribution in [1.29, 1.82) is 0 Å². The molecule has 128 valence electrons. The predicted molar refractivity (Wildman–Crippen MR) is 85.5 cm³/mol. The highest BCUT2D eigenvalue weighted by atomic mass is 16.4. The van der Waals surface area contributed by atoms with Crippen LogP contribution >= 0.6 is 0 Å². The van der Waals surface area contributed by atoms with Crippen molar-refractivity contribution in [3.63, 3.8) is 0 Å². The van der Waals surface area contributed by atoms with Gasteiger partial charge in [0, 0.05) is 13.1 Å². The second-order valence-corrected chi connectivity index (χ2v) is 8.59. The van der Waals surface area contributed by atoms with E-state index in [0.717, 1.165) is 50.1 Å². The third-order valence-corrected chi connectivity index (χ3v) is 6.92. The molecule has 1 aliphatic heterocycles. The summed E-state index contributed by atoms with van der Waals surface area (Å²) < 4.78 is 0. The van der Waals surface area contributed by atoms with Crippen molar-refractivity contribution in [2.75, 3.05) is 19.8 Å². The normalized spacial score (nSPS) is 40.3. The van der Waals surface area contributed by atoms with Gasteiger partial charge in [0.05, 0.1) is 18.0 Å². The lowest BCUT2D eigenvalue weighted by Gasteiger charge is -2.55. The number of nitrogens with one attached hydrogen (secondary N) is 1. The molecule has 0 aromatic heterocycles. The SMILES string of the molecule is O=C(O)C1CCN(CNC(=O)C23CC4CC(CC(C4)C2)C3)CC1. The van der Waals surface area contributed by atoms with Crippen molar-refractivity contribution >= 4 is 11.9 Å². The number of piperidine rings is 1. The lowest BCUT2D eigenvalue weighted by molar-refractivity contribution is -0.148. The lowest BCUT2D eigenvalue weighted by atomic mass is 9.49. The summed E-state index contributed by atoms with van der Waals surface area (Å²) >= 11 is 0. The summed E-state index contributed by atoms with van der Waals surface area (Å²) in [6.45, 7) is 2.14. The zero-order chi connectivity index (χ0) is 16.0. The molecule has 4 aliphatic carbocycles. The van der Waals surface area contributed by atoms with Gasteiger partial charge in [-0.25, -0.2) is 0 Å². The largest absolute Gasteiger partial charge is 0.481 e. The summed E-state index contributed by atoms with van der Waals surface area (Å²) in [6.07, 6.45) is 8.77. The predicted octanol–water partition coefficient (Wildman–Crippen LogP) is 2.07. The molecule has 1 saturated heterocycles. The van der Waals surface area contributed by atoms with E-state index in [1.54, 1.807) is 0 Å². The standard InChI is InChI=1S/C18H28N2O3/c21-16(22)15-1-3-20(4-2-15)11-19-17(23)18-8-12-5-13(9-18)7-14(6-12)10-18/h12-15H,1-11H2,(H,19,23)(H,21,22). The van der Waals surface area contributed by atoms with Crippen molar-refractivity contribution < 1.29 is 14.7 Å². The first-order valence-electron chi connectivity index (χ1n) is 9.27. The van der Waals surface area contributed by atoms with E-state index in [9.17, 15) is 9.59 Å². The Morgan fingerprint density at radius 3 is 2.00 bits per heavy atom. The molecule has 5 fully saturated rings. The van der Waals surface area contributed by atoms with E-state index in [2.05, 4.69) is 10.2 Å². The average Bonchev–Trinajstić information content (AvgIpc) is 2.51. The van der Waals surface area contributed by atoms with Crippen LogP contribution in [0.1, 0.15) is 51.4 Å². The Labute approximate surface area is 137 Å². The number of carboxylic acid groups (broad SMARTS) is 1. The molecule has 0 aromatic carbocycles. The van der Waals surface area contributed by atoms with Gasteiger partial charge < -0.3 is 10.4 Å². The third-order valence-electron chi connectivity index (χ3n) is 6.92. The van der Waals surface area contributed by atoms with E-state index in [0.29, 0.717) is 19.5 Å². The van der Waals surface area contributed by atoms with Crippen molar-refractivity contribution in [2.45, 2.75) is 51.4 Å². The second-order valence-electron chi connectivity index (χ2n) is 8.59. The molecule has 0 spiro atoms. The Hall–Kier alpha value is -1.10. The van der Waals surface area contributed by atoms with Crippen LogP contribution in [0.2, 0.25) is 0 Å². The van der Waals surface area contributed by atoms with Crippen LogP contribution < -0.4 is 5.32 Å². The molecule has 0 radical (unpaired) electrons. The summed E-state index contributed by atoms with van der Waals surface area (Å²) in [5, 5.41) is 12.2. The van der Waals surface area contributed by atoms with E-state index in [1.165, 1.54) is 19.3 Å². The third kappa shape index (κ3) is 2.88. The average molecular weight is 320 g/mol. The molecule has 1 amide bonds. The van der Waals surface area contributed by atoms with Gasteiger partial charge in [-0.15, -0.1) is 0 Å². The molecule has 23 heavy (non-hydrogen) atoms. The minimum atomic E-state index is -0.678. The Kier molecular flexibility index (Phi) is 3.87. The van der Waals surface area contributed by atoms with Gasteiger partial charge in [-0.2, -0.15) is 0 Å². The van der Waals surface area contributed by atoms with Crippen LogP contribution in [0.15, 0.2) is 0 Å². The Morgan fingerprint density at radius 1 is 1.00 bits per heavy atom. The van der Waals surface area contributed by atoms with Crippen LogP contribution in [-0.4, -0.2) is 41.6 Å². The fourth-order valence-electron chi connectivity index (χ4n) is 6.10. The summed E-state index contributed by atoms with van der Waals surface area (Å²) in [7, 11) is 0. The molecule has 4 saturated carbocycles. The summed E-state index contributed by atoms with van der Waals surface area (Å²) in [6, 6.07) is 0. The molecule has 0 atom stereocenters. The number of likely N-dealkylation sites (tertiary alicyclic amines) is 1. The van der Waals surface area contributed by atoms with E-state index in [1.807, 2.05) is 0 Å². The monoisotopic (exact) mass is 320 g/mol. The van der Waals surface area contributed by atoms with E-state index in [4.69, 9.17) is 5.11 Å². The number of carbonyl (C=O) groups excluding carboxylic acids is 1. The van der Waals surface area contributed by atoms with Crippen LogP contribution in [0.3, 0.4) is 0 Å². The second kappa shape index (κ2) is 5.76. The van der Waals surface area contributed by atoms with Crippen LogP contribution in [-0.2, 0) is 9.59 Å². The number of rotatable bonds is 4. The number of carboxylic acids is 1. The summed E-state index contributed by atoms with van der Waals surface area (Å²) in [5.41, 5.74) is -0.0753. The van der Waals surface area contributed by atoms with Crippen LogP contribution in [0.5, 0.6) is 0 Å². The van der Waals surface area contributed by atoms with Gasteiger partial charge in [0.2, 0.25) is 5.91 Å². The maximum atomic E-state index is 12.9. The van der Waals surface area contributed by atoms with Gasteiger partial charge in [0.1, 0.15) is 0 Å². The maximum Gasteiger partial charge on any atom is 0.306 e. The zero-order valence-corrected chi connectivity index (χ0v) is 13.8. The molecule has 5 nitrogen and oxygen atoms in total. The quantitative estimate of drug-likeness (QED) is 0.832. The first kappa shape index (κ1) is 15.4. The van der Waals surface area contributed by atoms with Gasteiger partial charge in [0.15, 0.2) is 0 Å². The molecule has 5 heteroatoms. The smallest absolute Gasteiger partial charge is 0.306 e. The minimum Gasteiger partial charge on any atom is -0.481 e. The molecular weight excluding hydrogens is 292 g/mol. The van der Waals surface area contributed by atoms with E-state index < -0.39 is 5.97 Å². The number of hydrogen-bond donors (Lipinski definition) is 2. The number of nitrogens with zero attached hydrogens (tertiary/aromatic N) is 1. The summed E-state index contributed by atoms with van der Waals surface area (Å²) in [5.74, 6) is 1.76. The van der Waals surface area contributed by atoms with Crippen LogP contribution in [0.4, 0.5) is 0 Å². The highest BCUT2D eigenvalue weighted by Gasteiger charge is 2.54. The van der Waals surface area contributed by atoms with Crippen molar-refractivity contribution in [2.24, 2.45) is 29.1 Å². The Bertz CT molecular complexity index is 461. The van der Waals surface area contributed by atoms with E-state index >= 15 is 0 Å². The minimum absolute atomic E-state index is 0.0753. The fourth-order valence-corrected chi connectivity index (χ4v) is 6.10. The number of carbonyl (C=O) groups is 2. The van der Waals surface area contributed by atoms with Crippen LogP contribution in [0, 0.1) is 29.1 Å². The maximum absolute atomic E-state index is 12.9. The molecule has 5 rings (SSSR count). The molecule has 2 N–H and O–H groups in total. The molecule has 0 unspecified atom stereocenters. The highest BCUT2D eigenvalue weighted by molar-refractivity contribution is 5.83. The van der Waals surface area contributed by atoms with Crippen LogP contribution in [0.25, 0.3) is 0 Å². The van der Waals surface area contributed by atoms with Crippen molar-refractivity contribution in [3.8, 4) is 0 Å². The molecular formula is C18H28N2O3. The lowest BCUT2D eigenvalue weighted by Crippen LogP contribution is -2.55. The van der Waals surface area contributed by atoms with Gasteiger partial charge in [0.25, 0.3) is 0 Å². The van der Waals surface area contributed by atoms with Crippen molar-refractivity contribution in [1.82, 2.24) is 10.2 Å². The molecule has 1 heterocycles. The van der Waals surface area contributed by atoms with E-state index in [-0.39, 0.29) is 17.2 Å². The van der Waals surface area contributed by atoms with Gasteiger partial charge in [-0.05, 0) is 69.1 Å². The van der Waals surface area contributed by atoms with Gasteiger partial charge >= 0.3 is 5.97 Å². The topological polar surface area (TPSA) is 69.6 Å². The number of amides is 1. The fraction of sp³-hybridized carbons (Fsp3) is 0.889.